The molecule has 0 saturated heterocycles. The minimum atomic E-state index is -0.192. The highest BCUT2D eigenvalue weighted by molar-refractivity contribution is 6.09. The smallest absolute Gasteiger partial charge is 0.144 e. The van der Waals surface area contributed by atoms with Crippen molar-refractivity contribution in [2.45, 2.75) is 39.8 Å². The van der Waals surface area contributed by atoms with Gasteiger partial charge >= 0.3 is 0 Å². The molecule has 0 spiro atoms. The summed E-state index contributed by atoms with van der Waals surface area (Å²) in [5.41, 5.74) is 10.00. The van der Waals surface area contributed by atoms with Gasteiger partial charge in [0.25, 0.3) is 0 Å². The normalized spacial score (nSPS) is 12.7. The summed E-state index contributed by atoms with van der Waals surface area (Å²) in [7, 11) is 0. The Labute approximate surface area is 291 Å². The number of nitrogens with zero attached hydrogens (tertiary/aromatic N) is 5. The molecule has 4 heterocycles. The van der Waals surface area contributed by atoms with E-state index in [1.54, 1.807) is 0 Å². The van der Waals surface area contributed by atoms with Crippen molar-refractivity contribution >= 4 is 33.2 Å². The Morgan fingerprint density at radius 3 is 2.30 bits per heavy atom. The number of fused-ring (bicyclic) bond motifs is 6. The number of hydrogen-bond acceptors (Lipinski definition) is 4. The second-order valence-corrected chi connectivity index (χ2v) is 13.6. The summed E-state index contributed by atoms with van der Waals surface area (Å²) < 4.78 is 11.2. The molecule has 244 valence electrons. The van der Waals surface area contributed by atoms with Crippen LogP contribution < -0.4 is 9.64 Å². The first-order chi connectivity index (χ1) is 24.4. The summed E-state index contributed by atoms with van der Waals surface area (Å²) in [6.07, 6.45) is 1.93. The standard InChI is InChI=1S/C44H37N5O/c1-29-30(2)47-28-48(39-19-10-9-18-38(39)43(47)46-29)33-15-12-16-34(26-33)50-35-21-22-37-36-17-8-11-20-40(36)49(41(37)27-35)42-25-32(23-24-45-42)44(3,4)31-13-6-5-7-14-31/h5-27H,28H2,1-4H3. The molecule has 0 saturated carbocycles. The molecule has 0 amide bonds. The number of pyridine rings is 1. The van der Waals surface area contributed by atoms with E-state index in [4.69, 9.17) is 14.7 Å². The van der Waals surface area contributed by atoms with Crippen molar-refractivity contribution in [1.82, 2.24) is 19.1 Å². The van der Waals surface area contributed by atoms with Crippen LogP contribution in [-0.2, 0) is 12.1 Å². The monoisotopic (exact) mass is 651 g/mol. The van der Waals surface area contributed by atoms with Gasteiger partial charge in [0.1, 0.15) is 29.8 Å². The Kier molecular flexibility index (Phi) is 6.88. The molecule has 0 bridgehead atoms. The van der Waals surface area contributed by atoms with E-state index in [9.17, 15) is 0 Å². The first-order valence-corrected chi connectivity index (χ1v) is 17.1. The Hall–Kier alpha value is -6.14. The lowest BCUT2D eigenvalue weighted by atomic mass is 9.78. The van der Waals surface area contributed by atoms with Crippen LogP contribution in [0.15, 0.2) is 140 Å². The van der Waals surface area contributed by atoms with Gasteiger partial charge < -0.3 is 14.2 Å². The lowest BCUT2D eigenvalue weighted by Crippen LogP contribution is -2.26. The fourth-order valence-corrected chi connectivity index (χ4v) is 7.43. The molecule has 0 aliphatic carbocycles. The van der Waals surface area contributed by atoms with Crippen LogP contribution in [0.3, 0.4) is 0 Å². The van der Waals surface area contributed by atoms with Crippen LogP contribution in [0.4, 0.5) is 11.4 Å². The summed E-state index contributed by atoms with van der Waals surface area (Å²) in [5.74, 6) is 3.44. The number of ether oxygens (including phenoxy) is 1. The average Bonchev–Trinajstić information content (AvgIpc) is 3.64. The lowest BCUT2D eigenvalue weighted by Gasteiger charge is -2.33. The van der Waals surface area contributed by atoms with E-state index in [2.05, 4.69) is 169 Å². The quantitative estimate of drug-likeness (QED) is 0.180. The van der Waals surface area contributed by atoms with E-state index in [-0.39, 0.29) is 5.41 Å². The molecule has 8 aromatic rings. The predicted molar refractivity (Wildman–Crippen MR) is 203 cm³/mol. The molecule has 0 fully saturated rings. The second kappa shape index (κ2) is 11.5. The molecule has 0 N–H and O–H groups in total. The molecule has 3 aromatic heterocycles. The van der Waals surface area contributed by atoms with Crippen molar-refractivity contribution in [2.75, 3.05) is 4.90 Å². The van der Waals surface area contributed by atoms with E-state index >= 15 is 0 Å². The van der Waals surface area contributed by atoms with Crippen molar-refractivity contribution in [3.05, 3.63) is 162 Å². The molecule has 5 aromatic carbocycles. The van der Waals surface area contributed by atoms with Crippen molar-refractivity contribution in [1.29, 1.82) is 0 Å². The van der Waals surface area contributed by atoms with Crippen LogP contribution in [0.2, 0.25) is 0 Å². The van der Waals surface area contributed by atoms with Crippen LogP contribution in [0, 0.1) is 13.8 Å². The summed E-state index contributed by atoms with van der Waals surface area (Å²) in [6.45, 7) is 9.44. The number of benzene rings is 5. The largest absolute Gasteiger partial charge is 0.457 e. The number of aryl methyl sites for hydroxylation is 1. The summed E-state index contributed by atoms with van der Waals surface area (Å²) in [5, 5.41) is 2.33. The third-order valence-corrected chi connectivity index (χ3v) is 10.4. The Morgan fingerprint density at radius 1 is 0.660 bits per heavy atom. The SMILES string of the molecule is Cc1nc2n(c1C)CN(c1cccc(Oc3ccc4c5ccccc5n(-c5cc(C(C)(C)c6ccccc6)ccn5)c4c3)c1)c1ccccc1-2. The molecule has 1 aliphatic heterocycles. The highest BCUT2D eigenvalue weighted by Crippen LogP contribution is 2.42. The summed E-state index contributed by atoms with van der Waals surface area (Å²) >= 11 is 0. The van der Waals surface area contributed by atoms with Crippen LogP contribution in [0.1, 0.15) is 36.4 Å². The van der Waals surface area contributed by atoms with Gasteiger partial charge in [-0.3, -0.25) is 4.57 Å². The maximum absolute atomic E-state index is 6.65. The van der Waals surface area contributed by atoms with E-state index in [0.717, 1.165) is 62.2 Å². The number of hydrogen-bond donors (Lipinski definition) is 0. The second-order valence-electron chi connectivity index (χ2n) is 13.6. The highest BCUT2D eigenvalue weighted by atomic mass is 16.5. The van der Waals surface area contributed by atoms with Gasteiger partial charge in [0, 0.05) is 51.5 Å². The van der Waals surface area contributed by atoms with Gasteiger partial charge in [0.15, 0.2) is 0 Å². The molecule has 6 nitrogen and oxygen atoms in total. The van der Waals surface area contributed by atoms with E-state index < -0.39 is 0 Å². The van der Waals surface area contributed by atoms with E-state index in [0.29, 0.717) is 6.67 Å². The number of imidazole rings is 1. The molecule has 0 radical (unpaired) electrons. The zero-order chi connectivity index (χ0) is 34.0. The Bertz CT molecular complexity index is 2560. The van der Waals surface area contributed by atoms with Crippen LogP contribution in [0.5, 0.6) is 11.5 Å². The van der Waals surface area contributed by atoms with Crippen molar-refractivity contribution in [3.8, 4) is 28.7 Å². The predicted octanol–water partition coefficient (Wildman–Crippen LogP) is 10.9. The van der Waals surface area contributed by atoms with Gasteiger partial charge in [-0.2, -0.15) is 0 Å². The number of para-hydroxylation sites is 2. The number of aromatic nitrogens is 4. The fraction of sp³-hybridized carbons (Fsp3) is 0.136. The topological polar surface area (TPSA) is 48.1 Å². The van der Waals surface area contributed by atoms with Crippen LogP contribution >= 0.6 is 0 Å². The van der Waals surface area contributed by atoms with E-state index in [1.165, 1.54) is 22.2 Å². The van der Waals surface area contributed by atoms with Gasteiger partial charge in [-0.05, 0) is 79.6 Å². The average molecular weight is 652 g/mol. The molecule has 0 atom stereocenters. The summed E-state index contributed by atoms with van der Waals surface area (Å²) in [4.78, 5) is 12.2. The summed E-state index contributed by atoms with van der Waals surface area (Å²) in [6, 6.07) is 46.8. The van der Waals surface area contributed by atoms with E-state index in [1.807, 2.05) is 12.3 Å². The molecule has 1 aliphatic rings. The number of anilines is 2. The number of rotatable bonds is 6. The van der Waals surface area contributed by atoms with Gasteiger partial charge in [-0.1, -0.05) is 80.6 Å². The maximum Gasteiger partial charge on any atom is 0.144 e. The molecular formula is C44H37N5O. The maximum atomic E-state index is 6.65. The Balaban J connectivity index is 1.10. The van der Waals surface area contributed by atoms with Gasteiger partial charge in [-0.25, -0.2) is 9.97 Å². The zero-order valence-corrected chi connectivity index (χ0v) is 28.6. The Morgan fingerprint density at radius 2 is 1.42 bits per heavy atom. The van der Waals surface area contributed by atoms with Gasteiger partial charge in [0.05, 0.1) is 22.4 Å². The molecule has 9 rings (SSSR count). The minimum absolute atomic E-state index is 0.192. The van der Waals surface area contributed by atoms with Gasteiger partial charge in [0.2, 0.25) is 0 Å². The molecular weight excluding hydrogens is 615 g/mol. The van der Waals surface area contributed by atoms with Gasteiger partial charge in [-0.15, -0.1) is 0 Å². The van der Waals surface area contributed by atoms with Crippen molar-refractivity contribution < 1.29 is 4.74 Å². The first-order valence-electron chi connectivity index (χ1n) is 17.1. The third kappa shape index (κ3) is 4.78. The molecule has 50 heavy (non-hydrogen) atoms. The fourth-order valence-electron chi connectivity index (χ4n) is 7.43. The first kappa shape index (κ1) is 30.0. The highest BCUT2D eigenvalue weighted by Gasteiger charge is 2.27. The van der Waals surface area contributed by atoms with Crippen LogP contribution in [0.25, 0.3) is 39.0 Å². The van der Waals surface area contributed by atoms with Crippen molar-refractivity contribution in [3.63, 3.8) is 0 Å². The molecule has 6 heteroatoms. The third-order valence-electron chi connectivity index (χ3n) is 10.4. The minimum Gasteiger partial charge on any atom is -0.457 e. The van der Waals surface area contributed by atoms with Crippen LogP contribution in [-0.4, -0.2) is 19.1 Å². The zero-order valence-electron chi connectivity index (χ0n) is 28.6. The molecule has 0 unspecified atom stereocenters. The lowest BCUT2D eigenvalue weighted by molar-refractivity contribution is 0.483. The van der Waals surface area contributed by atoms with Crippen molar-refractivity contribution in [2.24, 2.45) is 0 Å².